The molecule has 1 aliphatic rings. The zero-order valence-electron chi connectivity index (χ0n) is 10.5. The number of rotatable bonds is 3. The van der Waals surface area contributed by atoms with Crippen molar-refractivity contribution in [2.45, 2.75) is 25.9 Å². The van der Waals surface area contributed by atoms with Crippen LogP contribution in [-0.2, 0) is 12.8 Å². The van der Waals surface area contributed by atoms with E-state index in [4.69, 9.17) is 0 Å². The van der Waals surface area contributed by atoms with Crippen LogP contribution < -0.4 is 10.3 Å². The third-order valence-corrected chi connectivity index (χ3v) is 3.30. The van der Waals surface area contributed by atoms with E-state index in [-0.39, 0.29) is 17.1 Å². The highest BCUT2D eigenvalue weighted by Gasteiger charge is 2.19. The lowest BCUT2D eigenvalue weighted by molar-refractivity contribution is -0.0494. The standard InChI is InChI=1S/C14H12F2N2O2/c15-14(16)20-11-7-2-1-4-9(11)12-17-10-6-3-5-8(10)13(19)18-12/h1-2,4,7,14H,3,5-6H2,(H,17,18,19). The maximum absolute atomic E-state index is 12.4. The van der Waals surface area contributed by atoms with Gasteiger partial charge in [-0.25, -0.2) is 4.98 Å². The van der Waals surface area contributed by atoms with Gasteiger partial charge >= 0.3 is 6.61 Å². The molecule has 1 aromatic heterocycles. The zero-order valence-corrected chi connectivity index (χ0v) is 10.5. The van der Waals surface area contributed by atoms with E-state index in [1.54, 1.807) is 18.2 Å². The van der Waals surface area contributed by atoms with Crippen LogP contribution in [0.25, 0.3) is 11.4 Å². The molecule has 0 atom stereocenters. The number of aryl methyl sites for hydroxylation is 1. The molecule has 1 N–H and O–H groups in total. The summed E-state index contributed by atoms with van der Waals surface area (Å²) in [6.45, 7) is -2.92. The van der Waals surface area contributed by atoms with Crippen molar-refractivity contribution >= 4 is 0 Å². The summed E-state index contributed by atoms with van der Waals surface area (Å²) in [6.07, 6.45) is 2.35. The van der Waals surface area contributed by atoms with Crippen molar-refractivity contribution in [3.8, 4) is 17.1 Å². The second-order valence-electron chi connectivity index (χ2n) is 4.57. The molecule has 0 unspecified atom stereocenters. The van der Waals surface area contributed by atoms with E-state index in [1.165, 1.54) is 6.07 Å². The number of nitrogens with one attached hydrogen (secondary N) is 1. The fourth-order valence-corrected chi connectivity index (χ4v) is 2.43. The second kappa shape index (κ2) is 5.03. The van der Waals surface area contributed by atoms with E-state index in [0.29, 0.717) is 17.5 Å². The van der Waals surface area contributed by atoms with Crippen molar-refractivity contribution in [1.82, 2.24) is 9.97 Å². The SMILES string of the molecule is O=c1[nH]c(-c2ccccc2OC(F)F)nc2c1CCC2. The number of halogens is 2. The normalized spacial score (nSPS) is 13.6. The fourth-order valence-electron chi connectivity index (χ4n) is 2.43. The molecule has 3 rings (SSSR count). The van der Waals surface area contributed by atoms with Gasteiger partial charge < -0.3 is 9.72 Å². The molecule has 2 aromatic rings. The number of hydrogen-bond donors (Lipinski definition) is 1. The van der Waals surface area contributed by atoms with E-state index >= 15 is 0 Å². The number of hydrogen-bond acceptors (Lipinski definition) is 3. The van der Waals surface area contributed by atoms with Gasteiger partial charge in [-0.05, 0) is 31.4 Å². The quantitative estimate of drug-likeness (QED) is 0.938. The van der Waals surface area contributed by atoms with Crippen LogP contribution in [0.15, 0.2) is 29.1 Å². The maximum Gasteiger partial charge on any atom is 0.387 e. The molecule has 0 spiro atoms. The summed E-state index contributed by atoms with van der Waals surface area (Å²) >= 11 is 0. The Morgan fingerprint density at radius 1 is 1.25 bits per heavy atom. The van der Waals surface area contributed by atoms with Crippen LogP contribution in [0.5, 0.6) is 5.75 Å². The molecule has 6 heteroatoms. The molecule has 0 fully saturated rings. The number of benzene rings is 1. The molecule has 104 valence electrons. The zero-order chi connectivity index (χ0) is 14.1. The molecule has 1 aliphatic carbocycles. The first kappa shape index (κ1) is 12.8. The molecule has 1 heterocycles. The first-order chi connectivity index (χ1) is 9.65. The Morgan fingerprint density at radius 2 is 2.05 bits per heavy atom. The summed E-state index contributed by atoms with van der Waals surface area (Å²) in [5.74, 6) is 0.274. The molecule has 1 aromatic carbocycles. The molecule has 0 bridgehead atoms. The molecule has 20 heavy (non-hydrogen) atoms. The number of nitrogens with zero attached hydrogens (tertiary/aromatic N) is 1. The van der Waals surface area contributed by atoms with Crippen LogP contribution in [0, 0.1) is 0 Å². The molecule has 0 amide bonds. The highest BCUT2D eigenvalue weighted by atomic mass is 19.3. The van der Waals surface area contributed by atoms with E-state index in [9.17, 15) is 13.6 Å². The first-order valence-corrected chi connectivity index (χ1v) is 6.31. The van der Waals surface area contributed by atoms with Crippen molar-refractivity contribution in [2.24, 2.45) is 0 Å². The third kappa shape index (κ3) is 2.29. The van der Waals surface area contributed by atoms with Crippen LogP contribution in [0.1, 0.15) is 17.7 Å². The average molecular weight is 278 g/mol. The molecule has 0 radical (unpaired) electrons. The highest BCUT2D eigenvalue weighted by molar-refractivity contribution is 5.64. The van der Waals surface area contributed by atoms with E-state index < -0.39 is 6.61 Å². The molecular formula is C14H12F2N2O2. The lowest BCUT2D eigenvalue weighted by Gasteiger charge is -2.10. The minimum atomic E-state index is -2.92. The van der Waals surface area contributed by atoms with Crippen LogP contribution >= 0.6 is 0 Å². The molecular weight excluding hydrogens is 266 g/mol. The number of aromatic nitrogens is 2. The average Bonchev–Trinajstić information content (AvgIpc) is 2.87. The van der Waals surface area contributed by atoms with E-state index in [1.807, 2.05) is 0 Å². The van der Waals surface area contributed by atoms with E-state index in [0.717, 1.165) is 18.5 Å². The van der Waals surface area contributed by atoms with Crippen LogP contribution in [0.2, 0.25) is 0 Å². The Labute approximate surface area is 113 Å². The minimum Gasteiger partial charge on any atom is -0.434 e. The Bertz CT molecular complexity index is 698. The van der Waals surface area contributed by atoms with Crippen LogP contribution in [0.3, 0.4) is 0 Å². The highest BCUT2D eigenvalue weighted by Crippen LogP contribution is 2.29. The lowest BCUT2D eigenvalue weighted by atomic mass is 10.1. The van der Waals surface area contributed by atoms with Gasteiger partial charge in [0.25, 0.3) is 5.56 Å². The van der Waals surface area contributed by atoms with Gasteiger partial charge in [0, 0.05) is 5.56 Å². The smallest absolute Gasteiger partial charge is 0.387 e. The predicted octanol–water partition coefficient (Wildman–Crippen LogP) is 2.53. The molecule has 0 aliphatic heterocycles. The van der Waals surface area contributed by atoms with Crippen molar-refractivity contribution < 1.29 is 13.5 Å². The van der Waals surface area contributed by atoms with Crippen LogP contribution in [0.4, 0.5) is 8.78 Å². The summed E-state index contributed by atoms with van der Waals surface area (Å²) in [7, 11) is 0. The molecule has 0 saturated heterocycles. The topological polar surface area (TPSA) is 55.0 Å². The Balaban J connectivity index is 2.10. The number of para-hydroxylation sites is 1. The van der Waals surface area contributed by atoms with Gasteiger partial charge in [0.05, 0.1) is 11.3 Å². The van der Waals surface area contributed by atoms with Gasteiger partial charge in [0.2, 0.25) is 0 Å². The minimum absolute atomic E-state index is 0.00333. The Hall–Kier alpha value is -2.24. The number of ether oxygens (including phenoxy) is 1. The van der Waals surface area contributed by atoms with Crippen molar-refractivity contribution in [3.63, 3.8) is 0 Å². The fraction of sp³-hybridized carbons (Fsp3) is 0.286. The van der Waals surface area contributed by atoms with Crippen LogP contribution in [-0.4, -0.2) is 16.6 Å². The summed E-state index contributed by atoms with van der Waals surface area (Å²) in [4.78, 5) is 19.0. The van der Waals surface area contributed by atoms with Crippen molar-refractivity contribution in [2.75, 3.05) is 0 Å². The van der Waals surface area contributed by atoms with E-state index in [2.05, 4.69) is 14.7 Å². The largest absolute Gasteiger partial charge is 0.434 e. The number of fused-ring (bicyclic) bond motifs is 1. The summed E-state index contributed by atoms with van der Waals surface area (Å²) in [6, 6.07) is 6.29. The van der Waals surface area contributed by atoms with Crippen molar-refractivity contribution in [1.29, 1.82) is 0 Å². The number of alkyl halides is 2. The Kier molecular flexibility index (Phi) is 3.22. The van der Waals surface area contributed by atoms with Gasteiger partial charge in [-0.3, -0.25) is 4.79 Å². The van der Waals surface area contributed by atoms with Gasteiger partial charge in [0.1, 0.15) is 11.6 Å². The molecule has 0 saturated carbocycles. The second-order valence-corrected chi connectivity index (χ2v) is 4.57. The molecule has 4 nitrogen and oxygen atoms in total. The predicted molar refractivity (Wildman–Crippen MR) is 69.0 cm³/mol. The van der Waals surface area contributed by atoms with Crippen molar-refractivity contribution in [3.05, 3.63) is 45.9 Å². The van der Waals surface area contributed by atoms with Gasteiger partial charge in [0.15, 0.2) is 0 Å². The Morgan fingerprint density at radius 3 is 2.85 bits per heavy atom. The summed E-state index contributed by atoms with van der Waals surface area (Å²) in [5, 5.41) is 0. The monoisotopic (exact) mass is 278 g/mol. The lowest BCUT2D eigenvalue weighted by Crippen LogP contribution is -2.15. The first-order valence-electron chi connectivity index (χ1n) is 6.31. The maximum atomic E-state index is 12.4. The number of H-pyrrole nitrogens is 1. The summed E-state index contributed by atoms with van der Waals surface area (Å²) in [5.41, 5.74) is 1.60. The number of aromatic amines is 1. The van der Waals surface area contributed by atoms with Gasteiger partial charge in [-0.2, -0.15) is 8.78 Å². The van der Waals surface area contributed by atoms with Gasteiger partial charge in [-0.15, -0.1) is 0 Å². The van der Waals surface area contributed by atoms with Gasteiger partial charge in [-0.1, -0.05) is 12.1 Å². The summed E-state index contributed by atoms with van der Waals surface area (Å²) < 4.78 is 29.3. The third-order valence-electron chi connectivity index (χ3n) is 3.30.